The minimum absolute atomic E-state index is 0.712. The summed E-state index contributed by atoms with van der Waals surface area (Å²) in [4.78, 5) is 0. The lowest BCUT2D eigenvalue weighted by atomic mass is 9.84. The van der Waals surface area contributed by atoms with Crippen molar-refractivity contribution in [1.29, 1.82) is 5.26 Å². The van der Waals surface area contributed by atoms with E-state index in [1.54, 1.807) is 0 Å². The van der Waals surface area contributed by atoms with Crippen LogP contribution < -0.4 is 5.32 Å². The van der Waals surface area contributed by atoms with Crippen molar-refractivity contribution in [2.24, 2.45) is 5.92 Å². The van der Waals surface area contributed by atoms with E-state index < -0.39 is 0 Å². The SMILES string of the molecule is CCC1CCCC(NCCCCC#N)C1. The summed E-state index contributed by atoms with van der Waals surface area (Å²) in [6, 6.07) is 2.95. The Morgan fingerprint density at radius 2 is 2.20 bits per heavy atom. The Labute approximate surface area is 94.1 Å². The molecule has 86 valence electrons. The van der Waals surface area contributed by atoms with Gasteiger partial charge < -0.3 is 5.32 Å². The van der Waals surface area contributed by atoms with Gasteiger partial charge in [-0.2, -0.15) is 5.26 Å². The van der Waals surface area contributed by atoms with Crippen LogP contribution >= 0.6 is 0 Å². The lowest BCUT2D eigenvalue weighted by Gasteiger charge is -2.29. The zero-order valence-electron chi connectivity index (χ0n) is 9.97. The monoisotopic (exact) mass is 208 g/mol. The van der Waals surface area contributed by atoms with Crippen LogP contribution in [0.5, 0.6) is 0 Å². The molecule has 0 saturated heterocycles. The molecular formula is C13H24N2. The van der Waals surface area contributed by atoms with E-state index in [2.05, 4.69) is 18.3 Å². The second-order valence-corrected chi connectivity index (χ2v) is 4.71. The van der Waals surface area contributed by atoms with E-state index in [4.69, 9.17) is 5.26 Å². The van der Waals surface area contributed by atoms with Crippen LogP contribution in [0.15, 0.2) is 0 Å². The maximum atomic E-state index is 8.41. The molecule has 2 atom stereocenters. The summed E-state index contributed by atoms with van der Waals surface area (Å²) in [5, 5.41) is 12.0. The minimum Gasteiger partial charge on any atom is -0.314 e. The van der Waals surface area contributed by atoms with Gasteiger partial charge in [-0.3, -0.25) is 0 Å². The zero-order valence-corrected chi connectivity index (χ0v) is 9.97. The van der Waals surface area contributed by atoms with Crippen molar-refractivity contribution in [3.05, 3.63) is 0 Å². The van der Waals surface area contributed by atoms with Gasteiger partial charge in [-0.25, -0.2) is 0 Å². The fraction of sp³-hybridized carbons (Fsp3) is 0.923. The van der Waals surface area contributed by atoms with Gasteiger partial charge in [-0.05, 0) is 38.1 Å². The highest BCUT2D eigenvalue weighted by atomic mass is 14.9. The molecule has 0 aromatic heterocycles. The number of nitrogens with one attached hydrogen (secondary N) is 1. The molecule has 1 saturated carbocycles. The van der Waals surface area contributed by atoms with Crippen LogP contribution in [0, 0.1) is 17.2 Å². The highest BCUT2D eigenvalue weighted by Crippen LogP contribution is 2.26. The first-order valence-electron chi connectivity index (χ1n) is 6.47. The molecule has 0 aromatic rings. The molecule has 1 aliphatic carbocycles. The molecule has 0 radical (unpaired) electrons. The van der Waals surface area contributed by atoms with Crippen LogP contribution in [0.2, 0.25) is 0 Å². The number of nitriles is 1. The molecule has 15 heavy (non-hydrogen) atoms. The summed E-state index contributed by atoms with van der Waals surface area (Å²) >= 11 is 0. The quantitative estimate of drug-likeness (QED) is 0.680. The standard InChI is InChI=1S/C13H24N2/c1-2-12-7-6-8-13(11-12)15-10-5-3-4-9-14/h12-13,15H,2-8,10-11H2,1H3. The van der Waals surface area contributed by atoms with E-state index in [1.807, 2.05) is 0 Å². The molecule has 1 N–H and O–H groups in total. The van der Waals surface area contributed by atoms with Gasteiger partial charge in [0.25, 0.3) is 0 Å². The predicted molar refractivity (Wildman–Crippen MR) is 63.5 cm³/mol. The van der Waals surface area contributed by atoms with E-state index in [0.29, 0.717) is 6.42 Å². The molecule has 1 aliphatic rings. The fourth-order valence-electron chi connectivity index (χ4n) is 2.48. The van der Waals surface area contributed by atoms with Gasteiger partial charge in [0.1, 0.15) is 0 Å². The number of unbranched alkanes of at least 4 members (excludes halogenated alkanes) is 2. The first-order chi connectivity index (χ1) is 7.36. The second kappa shape index (κ2) is 7.70. The lowest BCUT2D eigenvalue weighted by Crippen LogP contribution is -2.34. The molecule has 2 nitrogen and oxygen atoms in total. The average Bonchev–Trinajstić information content (AvgIpc) is 2.29. The largest absolute Gasteiger partial charge is 0.314 e. The van der Waals surface area contributed by atoms with Crippen LogP contribution in [0.3, 0.4) is 0 Å². The van der Waals surface area contributed by atoms with Crippen molar-refractivity contribution in [2.75, 3.05) is 6.54 Å². The van der Waals surface area contributed by atoms with Crippen LogP contribution in [0.1, 0.15) is 58.3 Å². The van der Waals surface area contributed by atoms with Crippen molar-refractivity contribution < 1.29 is 0 Å². The van der Waals surface area contributed by atoms with Crippen LogP contribution in [-0.2, 0) is 0 Å². The Balaban J connectivity index is 2.03. The van der Waals surface area contributed by atoms with E-state index in [9.17, 15) is 0 Å². The van der Waals surface area contributed by atoms with Gasteiger partial charge in [-0.15, -0.1) is 0 Å². The molecule has 2 heteroatoms. The van der Waals surface area contributed by atoms with Crippen LogP contribution in [0.25, 0.3) is 0 Å². The summed E-state index contributed by atoms with van der Waals surface area (Å²) in [6.45, 7) is 3.41. The molecule has 0 bridgehead atoms. The van der Waals surface area contributed by atoms with Crippen molar-refractivity contribution in [2.45, 2.75) is 64.3 Å². The van der Waals surface area contributed by atoms with Crippen LogP contribution in [-0.4, -0.2) is 12.6 Å². The van der Waals surface area contributed by atoms with Crippen molar-refractivity contribution >= 4 is 0 Å². The van der Waals surface area contributed by atoms with E-state index in [1.165, 1.54) is 32.1 Å². The van der Waals surface area contributed by atoms with Gasteiger partial charge >= 0.3 is 0 Å². The van der Waals surface area contributed by atoms with Gasteiger partial charge in [0.15, 0.2) is 0 Å². The van der Waals surface area contributed by atoms with Gasteiger partial charge in [0.2, 0.25) is 0 Å². The normalized spacial score (nSPS) is 26.1. The first kappa shape index (κ1) is 12.5. The number of nitrogens with zero attached hydrogens (tertiary/aromatic N) is 1. The third-order valence-corrected chi connectivity index (χ3v) is 3.51. The molecule has 1 fully saturated rings. The fourth-order valence-corrected chi connectivity index (χ4v) is 2.48. The van der Waals surface area contributed by atoms with Gasteiger partial charge in [0.05, 0.1) is 6.07 Å². The molecule has 0 spiro atoms. The maximum Gasteiger partial charge on any atom is 0.0621 e. The number of rotatable bonds is 6. The Morgan fingerprint density at radius 3 is 2.93 bits per heavy atom. The van der Waals surface area contributed by atoms with Gasteiger partial charge in [-0.1, -0.05) is 26.2 Å². The lowest BCUT2D eigenvalue weighted by molar-refractivity contribution is 0.279. The van der Waals surface area contributed by atoms with Crippen molar-refractivity contribution in [3.8, 4) is 6.07 Å². The van der Waals surface area contributed by atoms with E-state index >= 15 is 0 Å². The van der Waals surface area contributed by atoms with E-state index in [0.717, 1.165) is 31.3 Å². The predicted octanol–water partition coefficient (Wildman–Crippen LogP) is 3.24. The summed E-state index contributed by atoms with van der Waals surface area (Å²) in [5.74, 6) is 0.954. The van der Waals surface area contributed by atoms with Crippen molar-refractivity contribution in [3.63, 3.8) is 0 Å². The Bertz CT molecular complexity index is 195. The van der Waals surface area contributed by atoms with E-state index in [-0.39, 0.29) is 0 Å². The third-order valence-electron chi connectivity index (χ3n) is 3.51. The third kappa shape index (κ3) is 5.18. The summed E-state index contributed by atoms with van der Waals surface area (Å²) < 4.78 is 0. The highest BCUT2D eigenvalue weighted by molar-refractivity contribution is 4.77. The summed E-state index contributed by atoms with van der Waals surface area (Å²) in [6.07, 6.45) is 9.81. The molecule has 0 heterocycles. The first-order valence-corrected chi connectivity index (χ1v) is 6.47. The molecule has 0 aromatic carbocycles. The van der Waals surface area contributed by atoms with Crippen molar-refractivity contribution in [1.82, 2.24) is 5.32 Å². The average molecular weight is 208 g/mol. The summed E-state index contributed by atoms with van der Waals surface area (Å²) in [5.41, 5.74) is 0. The Hall–Kier alpha value is -0.550. The highest BCUT2D eigenvalue weighted by Gasteiger charge is 2.19. The Morgan fingerprint density at radius 1 is 1.33 bits per heavy atom. The number of hydrogen-bond donors (Lipinski definition) is 1. The minimum atomic E-state index is 0.712. The smallest absolute Gasteiger partial charge is 0.0621 e. The molecular weight excluding hydrogens is 184 g/mol. The van der Waals surface area contributed by atoms with Gasteiger partial charge in [0, 0.05) is 12.5 Å². The summed E-state index contributed by atoms with van der Waals surface area (Å²) in [7, 11) is 0. The molecule has 2 unspecified atom stereocenters. The Kier molecular flexibility index (Phi) is 6.43. The second-order valence-electron chi connectivity index (χ2n) is 4.71. The maximum absolute atomic E-state index is 8.41. The molecule has 0 amide bonds. The topological polar surface area (TPSA) is 35.8 Å². The number of hydrogen-bond acceptors (Lipinski definition) is 2. The van der Waals surface area contributed by atoms with Crippen LogP contribution in [0.4, 0.5) is 0 Å². The zero-order chi connectivity index (χ0) is 10.9. The molecule has 1 rings (SSSR count). The molecule has 0 aliphatic heterocycles.